The van der Waals surface area contributed by atoms with Gasteiger partial charge < -0.3 is 10.1 Å². The molecular formula is C13H16BrN3OS. The molecule has 0 spiro atoms. The van der Waals surface area contributed by atoms with Crippen molar-refractivity contribution in [2.45, 2.75) is 19.4 Å². The predicted octanol–water partition coefficient (Wildman–Crippen LogP) is 3.40. The summed E-state index contributed by atoms with van der Waals surface area (Å²) in [6, 6.07) is 2.11. The second kappa shape index (κ2) is 6.98. The second-order valence-electron chi connectivity index (χ2n) is 4.02. The van der Waals surface area contributed by atoms with Crippen LogP contribution in [0, 0.1) is 0 Å². The molecule has 1 atom stereocenters. The number of halogens is 1. The third-order valence-electron chi connectivity index (χ3n) is 2.68. The molecule has 0 aliphatic carbocycles. The highest BCUT2D eigenvalue weighted by Gasteiger charge is 2.21. The van der Waals surface area contributed by atoms with Crippen molar-refractivity contribution in [3.8, 4) is 5.88 Å². The molecule has 4 nitrogen and oxygen atoms in total. The van der Waals surface area contributed by atoms with Gasteiger partial charge >= 0.3 is 0 Å². The Morgan fingerprint density at radius 2 is 2.21 bits per heavy atom. The highest BCUT2D eigenvalue weighted by Crippen LogP contribution is 2.31. The van der Waals surface area contributed by atoms with E-state index in [0.717, 1.165) is 22.4 Å². The van der Waals surface area contributed by atoms with Crippen LogP contribution in [0.5, 0.6) is 5.88 Å². The molecule has 0 radical (unpaired) electrons. The van der Waals surface area contributed by atoms with Gasteiger partial charge in [-0.3, -0.25) is 4.98 Å². The van der Waals surface area contributed by atoms with E-state index >= 15 is 0 Å². The fourth-order valence-corrected chi connectivity index (χ4v) is 3.03. The van der Waals surface area contributed by atoms with Crippen molar-refractivity contribution in [2.75, 3.05) is 13.7 Å². The lowest BCUT2D eigenvalue weighted by molar-refractivity contribution is 0.382. The van der Waals surface area contributed by atoms with Gasteiger partial charge in [-0.25, -0.2) is 4.98 Å². The van der Waals surface area contributed by atoms with Gasteiger partial charge in [-0.2, -0.15) is 0 Å². The van der Waals surface area contributed by atoms with Crippen LogP contribution in [0.4, 0.5) is 0 Å². The molecule has 1 unspecified atom stereocenters. The van der Waals surface area contributed by atoms with Crippen LogP contribution in [0.3, 0.4) is 0 Å². The fourth-order valence-electron chi connectivity index (χ4n) is 1.83. The van der Waals surface area contributed by atoms with Gasteiger partial charge in [-0.05, 0) is 45.9 Å². The van der Waals surface area contributed by atoms with E-state index in [-0.39, 0.29) is 6.04 Å². The van der Waals surface area contributed by atoms with Crippen LogP contribution in [0.2, 0.25) is 0 Å². The summed E-state index contributed by atoms with van der Waals surface area (Å²) in [5.74, 6) is 0.568. The minimum Gasteiger partial charge on any atom is -0.480 e. The molecule has 6 heteroatoms. The Balaban J connectivity index is 2.36. The lowest BCUT2D eigenvalue weighted by Gasteiger charge is -2.18. The molecule has 0 saturated carbocycles. The van der Waals surface area contributed by atoms with E-state index < -0.39 is 0 Å². The van der Waals surface area contributed by atoms with E-state index in [9.17, 15) is 0 Å². The Morgan fingerprint density at radius 1 is 1.42 bits per heavy atom. The van der Waals surface area contributed by atoms with Crippen molar-refractivity contribution >= 4 is 27.3 Å². The van der Waals surface area contributed by atoms with E-state index in [1.807, 2.05) is 0 Å². The largest absolute Gasteiger partial charge is 0.480 e. The molecule has 0 amide bonds. The van der Waals surface area contributed by atoms with Crippen LogP contribution in [0.1, 0.15) is 30.6 Å². The highest BCUT2D eigenvalue weighted by molar-refractivity contribution is 9.11. The van der Waals surface area contributed by atoms with Gasteiger partial charge in [0.2, 0.25) is 5.88 Å². The van der Waals surface area contributed by atoms with Gasteiger partial charge in [0.25, 0.3) is 0 Å². The third kappa shape index (κ3) is 3.52. The molecular weight excluding hydrogens is 326 g/mol. The molecule has 0 saturated heterocycles. The number of hydrogen-bond acceptors (Lipinski definition) is 5. The summed E-state index contributed by atoms with van der Waals surface area (Å²) in [7, 11) is 1.62. The van der Waals surface area contributed by atoms with Gasteiger partial charge in [-0.15, -0.1) is 11.3 Å². The number of methoxy groups -OCH3 is 1. The Morgan fingerprint density at radius 3 is 2.84 bits per heavy atom. The lowest BCUT2D eigenvalue weighted by atomic mass is 10.1. The molecule has 0 fully saturated rings. The first kappa shape index (κ1) is 14.4. The summed E-state index contributed by atoms with van der Waals surface area (Å²) in [6.45, 7) is 3.05. The summed E-state index contributed by atoms with van der Waals surface area (Å²) in [6.07, 6.45) is 4.40. The van der Waals surface area contributed by atoms with Crippen LogP contribution in [0.25, 0.3) is 0 Å². The average Bonchev–Trinajstić information content (AvgIpc) is 2.86. The lowest BCUT2D eigenvalue weighted by Crippen LogP contribution is -2.24. The molecule has 1 N–H and O–H groups in total. The predicted molar refractivity (Wildman–Crippen MR) is 80.7 cm³/mol. The third-order valence-corrected chi connectivity index (χ3v) is 4.20. The standard InChI is InChI=1S/C13H16BrN3OS/c1-3-4-15-11(9-7-10(14)19-8-9)12-13(18-2)17-6-5-16-12/h5-8,11,15H,3-4H2,1-2H3. The maximum absolute atomic E-state index is 5.31. The van der Waals surface area contributed by atoms with Crippen molar-refractivity contribution in [3.63, 3.8) is 0 Å². The first-order valence-electron chi connectivity index (χ1n) is 6.08. The maximum Gasteiger partial charge on any atom is 0.237 e. The number of nitrogens with zero attached hydrogens (tertiary/aromatic N) is 2. The molecule has 2 heterocycles. The van der Waals surface area contributed by atoms with E-state index in [1.54, 1.807) is 30.8 Å². The van der Waals surface area contributed by atoms with Gasteiger partial charge in [0.15, 0.2) is 0 Å². The minimum atomic E-state index is 0.00569. The zero-order valence-electron chi connectivity index (χ0n) is 10.9. The maximum atomic E-state index is 5.31. The molecule has 2 aromatic rings. The molecule has 2 aromatic heterocycles. The van der Waals surface area contributed by atoms with E-state index in [1.165, 1.54) is 5.56 Å². The van der Waals surface area contributed by atoms with Crippen LogP contribution >= 0.6 is 27.3 Å². The summed E-state index contributed by atoms with van der Waals surface area (Å²) in [5, 5.41) is 5.61. The SMILES string of the molecule is CCCNC(c1csc(Br)c1)c1nccnc1OC. The molecule has 0 aliphatic rings. The zero-order valence-corrected chi connectivity index (χ0v) is 13.3. The van der Waals surface area contributed by atoms with Crippen LogP contribution < -0.4 is 10.1 Å². The molecule has 0 bridgehead atoms. The molecule has 102 valence electrons. The Hall–Kier alpha value is -0.980. The zero-order chi connectivity index (χ0) is 13.7. The number of ether oxygens (including phenoxy) is 1. The van der Waals surface area contributed by atoms with Crippen molar-refractivity contribution in [1.29, 1.82) is 0 Å². The van der Waals surface area contributed by atoms with Crippen LogP contribution in [-0.2, 0) is 0 Å². The van der Waals surface area contributed by atoms with Gasteiger partial charge in [0.05, 0.1) is 16.9 Å². The number of hydrogen-bond donors (Lipinski definition) is 1. The first-order chi connectivity index (χ1) is 9.26. The number of thiophene rings is 1. The monoisotopic (exact) mass is 341 g/mol. The van der Waals surface area contributed by atoms with Crippen LogP contribution in [0.15, 0.2) is 27.6 Å². The van der Waals surface area contributed by atoms with E-state index in [2.05, 4.69) is 49.6 Å². The molecule has 0 aromatic carbocycles. The number of nitrogens with one attached hydrogen (secondary N) is 1. The number of rotatable bonds is 6. The van der Waals surface area contributed by atoms with E-state index in [0.29, 0.717) is 5.88 Å². The minimum absolute atomic E-state index is 0.00569. The Bertz CT molecular complexity index is 532. The molecule has 0 aliphatic heterocycles. The Labute approximate surface area is 125 Å². The summed E-state index contributed by atoms with van der Waals surface area (Å²) in [5.41, 5.74) is 1.99. The number of aromatic nitrogens is 2. The van der Waals surface area contributed by atoms with E-state index in [4.69, 9.17) is 4.74 Å². The topological polar surface area (TPSA) is 47.0 Å². The van der Waals surface area contributed by atoms with Gasteiger partial charge in [0, 0.05) is 12.4 Å². The van der Waals surface area contributed by atoms with Gasteiger partial charge in [0.1, 0.15) is 5.69 Å². The second-order valence-corrected chi connectivity index (χ2v) is 6.31. The fraction of sp³-hybridized carbons (Fsp3) is 0.385. The van der Waals surface area contributed by atoms with Crippen molar-refractivity contribution < 1.29 is 4.74 Å². The van der Waals surface area contributed by atoms with Gasteiger partial charge in [-0.1, -0.05) is 6.92 Å². The summed E-state index contributed by atoms with van der Waals surface area (Å²) >= 11 is 5.16. The smallest absolute Gasteiger partial charge is 0.237 e. The van der Waals surface area contributed by atoms with Crippen molar-refractivity contribution in [1.82, 2.24) is 15.3 Å². The molecule has 19 heavy (non-hydrogen) atoms. The molecule has 2 rings (SSSR count). The Kier molecular flexibility index (Phi) is 5.30. The van der Waals surface area contributed by atoms with Crippen LogP contribution in [-0.4, -0.2) is 23.6 Å². The van der Waals surface area contributed by atoms with Crippen molar-refractivity contribution in [2.24, 2.45) is 0 Å². The quantitative estimate of drug-likeness (QED) is 0.874. The summed E-state index contributed by atoms with van der Waals surface area (Å²) in [4.78, 5) is 8.65. The average molecular weight is 342 g/mol. The van der Waals surface area contributed by atoms with Crippen molar-refractivity contribution in [3.05, 3.63) is 38.9 Å². The highest BCUT2D eigenvalue weighted by atomic mass is 79.9. The normalized spacial score (nSPS) is 12.4. The first-order valence-corrected chi connectivity index (χ1v) is 7.75. The summed E-state index contributed by atoms with van der Waals surface area (Å²) < 4.78 is 6.42.